The van der Waals surface area contributed by atoms with E-state index in [0.717, 1.165) is 69.0 Å². The topological polar surface area (TPSA) is 83.1 Å². The van der Waals surface area contributed by atoms with Crippen molar-refractivity contribution in [3.8, 4) is 0 Å². The number of ether oxygens (including phenoxy) is 1. The summed E-state index contributed by atoms with van der Waals surface area (Å²) in [4.78, 5) is 21.7. The second kappa shape index (κ2) is 7.00. The van der Waals surface area contributed by atoms with E-state index in [0.29, 0.717) is 6.54 Å². The van der Waals surface area contributed by atoms with Crippen molar-refractivity contribution in [2.45, 2.75) is 43.6 Å². The number of amides is 1. The van der Waals surface area contributed by atoms with E-state index < -0.39 is 0 Å². The lowest BCUT2D eigenvalue weighted by molar-refractivity contribution is -0.0792. The van der Waals surface area contributed by atoms with Gasteiger partial charge in [0.1, 0.15) is 12.2 Å². The molecule has 27 heavy (non-hydrogen) atoms. The Hall–Kier alpha value is -1.77. The first-order chi connectivity index (χ1) is 13.3. The molecule has 0 aromatic carbocycles. The number of rotatable bonds is 2. The molecule has 2 aromatic heterocycles. The summed E-state index contributed by atoms with van der Waals surface area (Å²) in [7, 11) is 0. The maximum absolute atomic E-state index is 13.2. The van der Waals surface area contributed by atoms with Crippen LogP contribution in [-0.4, -0.2) is 58.8 Å². The Morgan fingerprint density at radius 2 is 2.26 bits per heavy atom. The molecule has 1 amide bonds. The third kappa shape index (κ3) is 3.09. The van der Waals surface area contributed by atoms with Crippen molar-refractivity contribution in [3.05, 3.63) is 33.5 Å². The van der Waals surface area contributed by atoms with Crippen molar-refractivity contribution >= 4 is 17.2 Å². The van der Waals surface area contributed by atoms with Gasteiger partial charge in [0, 0.05) is 30.3 Å². The van der Waals surface area contributed by atoms with Gasteiger partial charge in [-0.05, 0) is 50.4 Å². The largest absolute Gasteiger partial charge is 0.370 e. The van der Waals surface area contributed by atoms with Crippen molar-refractivity contribution in [1.82, 2.24) is 25.4 Å². The number of carbonyl (C=O) groups is 1. The second-order valence-electron chi connectivity index (χ2n) is 7.75. The standard InChI is InChI=1S/C19H25N5O2S/c25-18(24-8-1-2-13(11-24)17-21-12-22-23-17)16-10-14-15(27-16)3-9-26-19(14)4-6-20-7-5-19/h10,12-13,20H,1-9,11H2,(H,21,22,23). The van der Waals surface area contributed by atoms with E-state index in [2.05, 4.69) is 26.6 Å². The minimum atomic E-state index is -0.182. The van der Waals surface area contributed by atoms with Crippen LogP contribution in [0.15, 0.2) is 12.4 Å². The fourth-order valence-corrected chi connectivity index (χ4v) is 5.92. The van der Waals surface area contributed by atoms with Crippen molar-refractivity contribution in [2.75, 3.05) is 32.8 Å². The number of likely N-dealkylation sites (tertiary alicyclic amines) is 1. The number of aromatic amines is 1. The number of piperidine rings is 2. The smallest absolute Gasteiger partial charge is 0.263 e. The molecular weight excluding hydrogens is 362 g/mol. The van der Waals surface area contributed by atoms with Crippen LogP contribution in [0.3, 0.4) is 0 Å². The van der Waals surface area contributed by atoms with Crippen LogP contribution in [0.2, 0.25) is 0 Å². The van der Waals surface area contributed by atoms with Gasteiger partial charge in [-0.15, -0.1) is 11.3 Å². The first-order valence-corrected chi connectivity index (χ1v) is 10.7. The number of carbonyl (C=O) groups excluding carboxylic acids is 1. The van der Waals surface area contributed by atoms with E-state index in [4.69, 9.17) is 4.74 Å². The fraction of sp³-hybridized carbons (Fsp3) is 0.632. The van der Waals surface area contributed by atoms with Crippen LogP contribution in [0.4, 0.5) is 0 Å². The van der Waals surface area contributed by atoms with Gasteiger partial charge in [-0.3, -0.25) is 9.89 Å². The summed E-state index contributed by atoms with van der Waals surface area (Å²) in [6, 6.07) is 2.13. The number of H-pyrrole nitrogens is 1. The summed E-state index contributed by atoms with van der Waals surface area (Å²) in [5, 5.41) is 10.3. The predicted molar refractivity (Wildman–Crippen MR) is 102 cm³/mol. The minimum absolute atomic E-state index is 0.155. The van der Waals surface area contributed by atoms with Crippen molar-refractivity contribution in [2.24, 2.45) is 0 Å². The molecule has 0 saturated carbocycles. The molecular formula is C19H25N5O2S. The zero-order valence-electron chi connectivity index (χ0n) is 15.4. The Kier molecular flexibility index (Phi) is 4.49. The molecule has 3 aliphatic heterocycles. The van der Waals surface area contributed by atoms with Crippen LogP contribution >= 0.6 is 11.3 Å². The highest BCUT2D eigenvalue weighted by atomic mass is 32.1. The van der Waals surface area contributed by atoms with E-state index >= 15 is 0 Å². The summed E-state index contributed by atoms with van der Waals surface area (Å²) in [5.41, 5.74) is 1.09. The van der Waals surface area contributed by atoms with E-state index in [1.165, 1.54) is 10.4 Å². The van der Waals surface area contributed by atoms with Crippen molar-refractivity contribution in [3.63, 3.8) is 0 Å². The predicted octanol–water partition coefficient (Wildman–Crippen LogP) is 2.04. The van der Waals surface area contributed by atoms with Gasteiger partial charge in [-0.1, -0.05) is 0 Å². The van der Waals surface area contributed by atoms with Crippen LogP contribution in [0, 0.1) is 0 Å². The zero-order chi connectivity index (χ0) is 18.3. The van der Waals surface area contributed by atoms with Gasteiger partial charge in [-0.2, -0.15) is 5.10 Å². The number of nitrogens with one attached hydrogen (secondary N) is 2. The summed E-state index contributed by atoms with van der Waals surface area (Å²) < 4.78 is 6.26. The Morgan fingerprint density at radius 1 is 1.37 bits per heavy atom. The van der Waals surface area contributed by atoms with Crippen LogP contribution in [0.1, 0.15) is 57.5 Å². The number of thiophene rings is 1. The van der Waals surface area contributed by atoms with E-state index in [9.17, 15) is 4.79 Å². The van der Waals surface area contributed by atoms with E-state index in [1.807, 2.05) is 4.90 Å². The third-order valence-corrected chi connectivity index (χ3v) is 7.34. The number of fused-ring (bicyclic) bond motifs is 2. The van der Waals surface area contributed by atoms with Crippen LogP contribution < -0.4 is 5.32 Å². The molecule has 2 saturated heterocycles. The summed E-state index contributed by atoms with van der Waals surface area (Å²) in [6.07, 6.45) is 6.49. The molecule has 8 heteroatoms. The van der Waals surface area contributed by atoms with Gasteiger partial charge in [0.05, 0.1) is 17.1 Å². The molecule has 1 spiro atoms. The monoisotopic (exact) mass is 387 g/mol. The zero-order valence-corrected chi connectivity index (χ0v) is 16.2. The number of nitrogens with zero attached hydrogens (tertiary/aromatic N) is 3. The molecule has 5 heterocycles. The van der Waals surface area contributed by atoms with Gasteiger partial charge in [0.2, 0.25) is 0 Å². The molecule has 3 aliphatic rings. The van der Waals surface area contributed by atoms with Gasteiger partial charge in [0.25, 0.3) is 5.91 Å². The molecule has 2 N–H and O–H groups in total. The SMILES string of the molecule is O=C(c1cc2c(s1)CCOC21CCNCC1)N1CCCC(c2ncn[nH]2)C1. The summed E-state index contributed by atoms with van der Waals surface area (Å²) in [5.74, 6) is 1.29. The average molecular weight is 388 g/mol. The van der Waals surface area contributed by atoms with E-state index in [-0.39, 0.29) is 17.4 Å². The molecule has 5 rings (SSSR count). The number of hydrogen-bond donors (Lipinski definition) is 2. The first-order valence-electron chi connectivity index (χ1n) is 9.88. The maximum Gasteiger partial charge on any atom is 0.263 e. The third-order valence-electron chi connectivity index (χ3n) is 6.16. The Morgan fingerprint density at radius 3 is 3.07 bits per heavy atom. The number of aromatic nitrogens is 3. The molecule has 144 valence electrons. The summed E-state index contributed by atoms with van der Waals surface area (Å²) >= 11 is 1.68. The molecule has 0 bridgehead atoms. The van der Waals surface area contributed by atoms with Crippen molar-refractivity contribution < 1.29 is 9.53 Å². The van der Waals surface area contributed by atoms with Crippen LogP contribution in [0.25, 0.3) is 0 Å². The highest BCUT2D eigenvalue weighted by molar-refractivity contribution is 7.14. The molecule has 0 aliphatic carbocycles. The molecule has 7 nitrogen and oxygen atoms in total. The molecule has 2 aromatic rings. The van der Waals surface area contributed by atoms with Gasteiger partial charge in [-0.25, -0.2) is 4.98 Å². The lowest BCUT2D eigenvalue weighted by Gasteiger charge is -2.40. The van der Waals surface area contributed by atoms with Gasteiger partial charge >= 0.3 is 0 Å². The fourth-order valence-electron chi connectivity index (χ4n) is 4.72. The second-order valence-corrected chi connectivity index (χ2v) is 8.89. The maximum atomic E-state index is 13.2. The highest BCUT2D eigenvalue weighted by Crippen LogP contribution is 2.43. The summed E-state index contributed by atoms with van der Waals surface area (Å²) in [6.45, 7) is 4.24. The van der Waals surface area contributed by atoms with Crippen molar-refractivity contribution in [1.29, 1.82) is 0 Å². The molecule has 2 fully saturated rings. The minimum Gasteiger partial charge on any atom is -0.370 e. The Labute approximate surface area is 162 Å². The molecule has 1 atom stereocenters. The average Bonchev–Trinajstić information content (AvgIpc) is 3.39. The van der Waals surface area contributed by atoms with E-state index in [1.54, 1.807) is 17.7 Å². The highest BCUT2D eigenvalue weighted by Gasteiger charge is 2.41. The lowest BCUT2D eigenvalue weighted by atomic mass is 9.83. The molecule has 1 unspecified atom stereocenters. The molecule has 0 radical (unpaired) electrons. The van der Waals surface area contributed by atoms with Crippen LogP contribution in [0.5, 0.6) is 0 Å². The normalized spacial score (nSPS) is 24.7. The quantitative estimate of drug-likeness (QED) is 0.824. The first kappa shape index (κ1) is 17.3. The Balaban J connectivity index is 1.38. The van der Waals surface area contributed by atoms with Gasteiger partial charge < -0.3 is 15.0 Å². The number of hydrogen-bond acceptors (Lipinski definition) is 6. The lowest BCUT2D eigenvalue weighted by Crippen LogP contribution is -2.44. The Bertz CT molecular complexity index is 812. The van der Waals surface area contributed by atoms with Gasteiger partial charge in [0.15, 0.2) is 0 Å². The van der Waals surface area contributed by atoms with Crippen LogP contribution in [-0.2, 0) is 16.8 Å².